The molecule has 0 fully saturated rings. The van der Waals surface area contributed by atoms with E-state index < -0.39 is 7.82 Å². The van der Waals surface area contributed by atoms with Crippen LogP contribution in [-0.4, -0.2) is 75.1 Å². The predicted octanol–water partition coefficient (Wildman–Crippen LogP) is 6.25. The van der Waals surface area contributed by atoms with Gasteiger partial charge in [-0.15, -0.1) is 0 Å². The summed E-state index contributed by atoms with van der Waals surface area (Å²) in [7, 11) is -4.44. The molecule has 0 saturated carbocycles. The van der Waals surface area contributed by atoms with Crippen LogP contribution < -0.4 is 20.7 Å². The number of ether oxygens (including phenoxy) is 1. The lowest BCUT2D eigenvalue weighted by atomic mass is 10.1. The smallest absolute Gasteiger partial charge is 0.469 e. The fourth-order valence-corrected chi connectivity index (χ4v) is 6.02. The highest BCUT2D eigenvalue weighted by molar-refractivity contribution is 7.46. The summed E-state index contributed by atoms with van der Waals surface area (Å²) in [5.41, 5.74) is 4.21. The molecule has 3 aromatic carbocycles. The van der Waals surface area contributed by atoms with E-state index in [4.69, 9.17) is 19.5 Å². The first-order chi connectivity index (χ1) is 23.3. The van der Waals surface area contributed by atoms with Gasteiger partial charge in [0.15, 0.2) is 5.82 Å². The van der Waals surface area contributed by atoms with Crippen molar-refractivity contribution < 1.29 is 28.4 Å². The first-order valence-corrected chi connectivity index (χ1v) is 17.8. The zero-order valence-corrected chi connectivity index (χ0v) is 28.1. The number of carbonyl (C=O) groups excluding carboxylic acids is 1. The Morgan fingerprint density at radius 1 is 0.917 bits per heavy atom. The van der Waals surface area contributed by atoms with Gasteiger partial charge in [-0.25, -0.2) is 24.3 Å². The number of thiazole rings is 1. The number of hydrogen-bond donors (Lipinski definition) is 5. The Morgan fingerprint density at radius 3 is 2.35 bits per heavy atom. The lowest BCUT2D eigenvalue weighted by molar-refractivity contribution is 0.159. The van der Waals surface area contributed by atoms with Crippen LogP contribution in [0.2, 0.25) is 0 Å². The average molecular weight is 692 g/mol. The molecule has 0 aliphatic carbocycles. The van der Waals surface area contributed by atoms with E-state index in [-0.39, 0.29) is 12.6 Å². The van der Waals surface area contributed by atoms with Gasteiger partial charge in [0.1, 0.15) is 27.4 Å². The van der Waals surface area contributed by atoms with Gasteiger partial charge in [-0.2, -0.15) is 0 Å². The molecule has 15 heteroatoms. The van der Waals surface area contributed by atoms with Gasteiger partial charge >= 0.3 is 13.9 Å². The van der Waals surface area contributed by atoms with Crippen molar-refractivity contribution in [3.05, 3.63) is 90.8 Å². The standard InChI is InChI=1S/C33H38N7O6PS/c1-2-40(20-22-46-47(42,43)44)19-6-21-45-28-15-11-25(12-16-28)31-39-29-30(35-23-36-32(29)48-31)34-18-17-24-9-13-27(14-10-24)38-33(41)37-26-7-4-3-5-8-26/h3-5,7-16,23H,2,6,17-22H2,1H3,(H,34,35,36)(H2,37,38,41)(H2,42,43,44). The first kappa shape index (κ1) is 34.9. The lowest BCUT2D eigenvalue weighted by Crippen LogP contribution is -2.29. The fourth-order valence-electron chi connectivity index (χ4n) is 4.79. The van der Waals surface area contributed by atoms with Crippen molar-refractivity contribution in [2.45, 2.75) is 19.8 Å². The number of nitrogens with zero attached hydrogens (tertiary/aromatic N) is 4. The van der Waals surface area contributed by atoms with Crippen LogP contribution in [0.3, 0.4) is 0 Å². The van der Waals surface area contributed by atoms with Gasteiger partial charge in [-0.05, 0) is 73.5 Å². The molecule has 5 aromatic rings. The van der Waals surface area contributed by atoms with E-state index in [2.05, 4.69) is 30.4 Å². The summed E-state index contributed by atoms with van der Waals surface area (Å²) in [6.45, 7) is 5.01. The van der Waals surface area contributed by atoms with E-state index in [1.165, 1.54) is 17.7 Å². The number of anilines is 3. The summed E-state index contributed by atoms with van der Waals surface area (Å²) >= 11 is 1.49. The van der Waals surface area contributed by atoms with Gasteiger partial charge in [0, 0.05) is 36.6 Å². The monoisotopic (exact) mass is 691 g/mol. The Labute approximate surface area is 282 Å². The van der Waals surface area contributed by atoms with E-state index in [1.54, 1.807) is 0 Å². The van der Waals surface area contributed by atoms with Crippen molar-refractivity contribution in [3.63, 3.8) is 0 Å². The van der Waals surface area contributed by atoms with E-state index in [9.17, 15) is 9.36 Å². The molecule has 2 heterocycles. The molecule has 5 N–H and O–H groups in total. The van der Waals surface area contributed by atoms with E-state index in [0.29, 0.717) is 36.7 Å². The van der Waals surface area contributed by atoms with Gasteiger partial charge in [-0.3, -0.25) is 4.52 Å². The molecule has 0 aliphatic rings. The van der Waals surface area contributed by atoms with Crippen molar-refractivity contribution in [3.8, 4) is 16.3 Å². The van der Waals surface area contributed by atoms with Crippen molar-refractivity contribution in [2.24, 2.45) is 0 Å². The fraction of sp³-hybridized carbons (Fsp3) is 0.273. The minimum Gasteiger partial charge on any atom is -0.494 e. The van der Waals surface area contributed by atoms with Crippen LogP contribution in [0.25, 0.3) is 20.9 Å². The Morgan fingerprint density at radius 2 is 1.65 bits per heavy atom. The molecule has 0 atom stereocenters. The number of para-hydroxylation sites is 1. The van der Waals surface area contributed by atoms with Gasteiger partial charge in [0.2, 0.25) is 0 Å². The normalized spacial score (nSPS) is 11.5. The summed E-state index contributed by atoms with van der Waals surface area (Å²) in [5.74, 6) is 1.42. The van der Waals surface area contributed by atoms with E-state index in [1.807, 2.05) is 90.7 Å². The third-order valence-corrected chi connectivity index (χ3v) is 8.78. The quantitative estimate of drug-likeness (QED) is 0.0551. The molecule has 0 radical (unpaired) electrons. The van der Waals surface area contributed by atoms with Crippen molar-refractivity contribution in [2.75, 3.05) is 55.3 Å². The molecule has 2 amide bonds. The topological polar surface area (TPSA) is 171 Å². The Balaban J connectivity index is 1.08. The molecule has 0 aliphatic heterocycles. The van der Waals surface area contributed by atoms with Gasteiger partial charge in [-0.1, -0.05) is 48.6 Å². The van der Waals surface area contributed by atoms with Crippen LogP contribution in [0.5, 0.6) is 5.75 Å². The average Bonchev–Trinajstić information content (AvgIpc) is 3.52. The molecule has 0 saturated heterocycles. The predicted molar refractivity (Wildman–Crippen MR) is 189 cm³/mol. The summed E-state index contributed by atoms with van der Waals surface area (Å²) in [4.78, 5) is 46.4. The molecule has 5 rings (SSSR count). The lowest BCUT2D eigenvalue weighted by Gasteiger charge is -2.20. The minimum absolute atomic E-state index is 0.0263. The van der Waals surface area contributed by atoms with Crippen molar-refractivity contribution in [1.29, 1.82) is 0 Å². The van der Waals surface area contributed by atoms with Crippen LogP contribution in [0.1, 0.15) is 18.9 Å². The number of aromatic nitrogens is 3. The maximum atomic E-state index is 12.3. The second kappa shape index (κ2) is 17.1. The third kappa shape index (κ3) is 10.8. The number of carbonyl (C=O) groups is 1. The number of amides is 2. The maximum absolute atomic E-state index is 12.3. The summed E-state index contributed by atoms with van der Waals surface area (Å²) in [6, 6.07) is 24.5. The number of phosphoric acid groups is 1. The van der Waals surface area contributed by atoms with Crippen LogP contribution >= 0.6 is 19.2 Å². The highest BCUT2D eigenvalue weighted by atomic mass is 32.1. The van der Waals surface area contributed by atoms with E-state index >= 15 is 0 Å². The molecule has 0 unspecified atom stereocenters. The number of likely N-dealkylation sites (N-methyl/N-ethyl adjacent to an activating group) is 1. The number of fused-ring (bicyclic) bond motifs is 1. The minimum atomic E-state index is -4.44. The molecule has 48 heavy (non-hydrogen) atoms. The Kier molecular flexibility index (Phi) is 12.4. The second-order valence-corrected chi connectivity index (χ2v) is 12.9. The van der Waals surface area contributed by atoms with Crippen LogP contribution in [-0.2, 0) is 15.5 Å². The van der Waals surface area contributed by atoms with E-state index in [0.717, 1.165) is 58.3 Å². The molecule has 2 aromatic heterocycles. The van der Waals surface area contributed by atoms with Crippen LogP contribution in [0, 0.1) is 0 Å². The molecule has 0 bridgehead atoms. The van der Waals surface area contributed by atoms with Gasteiger partial charge in [0.05, 0.1) is 13.2 Å². The van der Waals surface area contributed by atoms with Crippen LogP contribution in [0.15, 0.2) is 85.2 Å². The first-order valence-electron chi connectivity index (χ1n) is 15.5. The zero-order valence-electron chi connectivity index (χ0n) is 26.4. The number of urea groups is 1. The summed E-state index contributed by atoms with van der Waals surface area (Å²) < 4.78 is 21.3. The number of phosphoric ester groups is 1. The zero-order chi connectivity index (χ0) is 33.8. The highest BCUT2D eigenvalue weighted by Crippen LogP contribution is 2.35. The number of benzene rings is 3. The van der Waals surface area contributed by atoms with Gasteiger partial charge < -0.3 is 35.4 Å². The number of rotatable bonds is 17. The molecule has 0 spiro atoms. The van der Waals surface area contributed by atoms with Crippen LogP contribution in [0.4, 0.5) is 22.0 Å². The Bertz CT molecular complexity index is 1800. The molecule has 252 valence electrons. The third-order valence-electron chi connectivity index (χ3n) is 7.25. The van der Waals surface area contributed by atoms with Crippen molar-refractivity contribution in [1.82, 2.24) is 19.9 Å². The summed E-state index contributed by atoms with van der Waals surface area (Å²) in [5, 5.41) is 9.87. The molecule has 13 nitrogen and oxygen atoms in total. The van der Waals surface area contributed by atoms with Crippen molar-refractivity contribution >= 4 is 52.7 Å². The number of nitrogens with one attached hydrogen (secondary N) is 3. The Hall–Kier alpha value is -4.43. The highest BCUT2D eigenvalue weighted by Gasteiger charge is 2.15. The van der Waals surface area contributed by atoms with Gasteiger partial charge in [0.25, 0.3) is 0 Å². The second-order valence-electron chi connectivity index (χ2n) is 10.7. The largest absolute Gasteiger partial charge is 0.494 e. The SMILES string of the molecule is CCN(CCCOc1ccc(-c2nc3c(NCCc4ccc(NC(=O)Nc5ccccc5)cc4)ncnc3s2)cc1)CCOP(=O)(O)O. The maximum Gasteiger partial charge on any atom is 0.469 e. The number of hydrogen-bond acceptors (Lipinski definition) is 10. The summed E-state index contributed by atoms with van der Waals surface area (Å²) in [6.07, 6.45) is 3.05. The molecular weight excluding hydrogens is 653 g/mol. The molecular formula is C33H38N7O6PS.